The fourth-order valence-corrected chi connectivity index (χ4v) is 5.01. The Labute approximate surface area is 196 Å². The molecule has 3 aliphatic heterocycles. The molecule has 0 radical (unpaired) electrons. The zero-order valence-corrected chi connectivity index (χ0v) is 19.0. The number of imide groups is 1. The molecular formula is C25H27FN4O4. The van der Waals surface area contributed by atoms with Gasteiger partial charge in [0.15, 0.2) is 0 Å². The van der Waals surface area contributed by atoms with Crippen molar-refractivity contribution in [3.05, 3.63) is 58.4 Å². The number of nitrogens with zero attached hydrogens (tertiary/aromatic N) is 3. The van der Waals surface area contributed by atoms with Crippen molar-refractivity contribution in [1.82, 2.24) is 15.1 Å². The second-order valence-corrected chi connectivity index (χ2v) is 9.26. The third-order valence-corrected chi connectivity index (χ3v) is 6.94. The molecule has 2 saturated heterocycles. The van der Waals surface area contributed by atoms with Gasteiger partial charge in [0.1, 0.15) is 17.6 Å². The highest BCUT2D eigenvalue weighted by Gasteiger charge is 2.40. The topological polar surface area (TPSA) is 93.2 Å². The number of phenolic OH excluding ortho intramolecular Hbond substituents is 1. The number of anilines is 1. The SMILES string of the molecule is Cc1ccc(CN2CCN(c3cc4c(cc3F)C(=O)N(C3CCC(=O)NC3=O)C4)CC2)c(O)c1. The Bertz CT molecular complexity index is 1180. The maximum Gasteiger partial charge on any atom is 0.255 e. The number of halogens is 1. The summed E-state index contributed by atoms with van der Waals surface area (Å²) in [4.78, 5) is 42.2. The van der Waals surface area contributed by atoms with Gasteiger partial charge >= 0.3 is 0 Å². The molecule has 3 amide bonds. The number of carbonyl (C=O) groups excluding carboxylic acids is 3. The summed E-state index contributed by atoms with van der Waals surface area (Å²) >= 11 is 0. The predicted molar refractivity (Wildman–Crippen MR) is 123 cm³/mol. The molecule has 9 heteroatoms. The number of nitrogens with one attached hydrogen (secondary N) is 1. The largest absolute Gasteiger partial charge is 0.508 e. The molecule has 0 aliphatic carbocycles. The maximum atomic E-state index is 15.1. The first-order valence-corrected chi connectivity index (χ1v) is 11.5. The highest BCUT2D eigenvalue weighted by Crippen LogP contribution is 2.33. The summed E-state index contributed by atoms with van der Waals surface area (Å²) in [6, 6.07) is 7.94. The molecule has 0 saturated carbocycles. The van der Waals surface area contributed by atoms with Crippen LogP contribution in [0.25, 0.3) is 0 Å². The summed E-state index contributed by atoms with van der Waals surface area (Å²) in [6.45, 7) is 5.45. The number of amides is 3. The van der Waals surface area contributed by atoms with Gasteiger partial charge in [0.05, 0.1) is 5.69 Å². The van der Waals surface area contributed by atoms with Gasteiger partial charge < -0.3 is 14.9 Å². The van der Waals surface area contributed by atoms with Crippen molar-refractivity contribution in [1.29, 1.82) is 0 Å². The molecule has 1 atom stereocenters. The van der Waals surface area contributed by atoms with Crippen LogP contribution in [0.2, 0.25) is 0 Å². The van der Waals surface area contributed by atoms with E-state index in [1.807, 2.05) is 24.0 Å². The van der Waals surface area contributed by atoms with Gasteiger partial charge in [0.2, 0.25) is 11.8 Å². The van der Waals surface area contributed by atoms with Gasteiger partial charge in [0, 0.05) is 56.8 Å². The fraction of sp³-hybridized carbons (Fsp3) is 0.400. The number of piperazine rings is 1. The number of benzene rings is 2. The van der Waals surface area contributed by atoms with E-state index in [2.05, 4.69) is 10.2 Å². The van der Waals surface area contributed by atoms with E-state index in [0.717, 1.165) is 11.1 Å². The van der Waals surface area contributed by atoms with Crippen molar-refractivity contribution in [3.8, 4) is 5.75 Å². The Morgan fingerprint density at radius 1 is 1.09 bits per heavy atom. The number of hydrogen-bond donors (Lipinski definition) is 2. The van der Waals surface area contributed by atoms with Crippen LogP contribution in [-0.2, 0) is 22.7 Å². The molecule has 5 rings (SSSR count). The van der Waals surface area contributed by atoms with E-state index in [1.165, 1.54) is 11.0 Å². The third kappa shape index (κ3) is 4.11. The van der Waals surface area contributed by atoms with Crippen molar-refractivity contribution in [2.75, 3.05) is 31.1 Å². The molecule has 3 aliphatic rings. The van der Waals surface area contributed by atoms with Gasteiger partial charge in [-0.3, -0.25) is 24.6 Å². The number of aryl methyl sites for hydroxylation is 1. The Kier molecular flexibility index (Phi) is 5.73. The number of fused-ring (bicyclic) bond motifs is 1. The molecular weight excluding hydrogens is 439 g/mol. The highest BCUT2D eigenvalue weighted by molar-refractivity contribution is 6.05. The molecule has 34 heavy (non-hydrogen) atoms. The van der Waals surface area contributed by atoms with E-state index in [1.54, 1.807) is 12.1 Å². The van der Waals surface area contributed by atoms with Gasteiger partial charge in [0.25, 0.3) is 5.91 Å². The van der Waals surface area contributed by atoms with Crippen molar-refractivity contribution in [3.63, 3.8) is 0 Å². The molecule has 2 fully saturated rings. The number of carbonyl (C=O) groups is 3. The second kappa shape index (κ2) is 8.72. The van der Waals surface area contributed by atoms with E-state index in [-0.39, 0.29) is 42.5 Å². The predicted octanol–water partition coefficient (Wildman–Crippen LogP) is 1.92. The van der Waals surface area contributed by atoms with Gasteiger partial charge in [-0.1, -0.05) is 12.1 Å². The Morgan fingerprint density at radius 2 is 1.85 bits per heavy atom. The standard InChI is InChI=1S/C25H27FN4O4/c1-15-2-3-16(22(31)10-15)13-28-6-8-29(9-7-28)21-11-17-14-30(25(34)18(17)12-19(21)26)20-4-5-23(32)27-24(20)33/h2-3,10-12,20,31H,4-9,13-14H2,1H3,(H,27,32,33). The Hall–Kier alpha value is -3.46. The van der Waals surface area contributed by atoms with Gasteiger partial charge in [-0.25, -0.2) is 4.39 Å². The summed E-state index contributed by atoms with van der Waals surface area (Å²) in [5.41, 5.74) is 3.30. The number of aromatic hydroxyl groups is 1. The molecule has 2 aromatic rings. The van der Waals surface area contributed by atoms with Crippen LogP contribution in [0, 0.1) is 12.7 Å². The van der Waals surface area contributed by atoms with Crippen molar-refractivity contribution >= 4 is 23.4 Å². The first-order valence-electron chi connectivity index (χ1n) is 11.5. The van der Waals surface area contributed by atoms with E-state index >= 15 is 4.39 Å². The molecule has 0 aromatic heterocycles. The minimum atomic E-state index is -0.717. The van der Waals surface area contributed by atoms with E-state index in [9.17, 15) is 19.5 Å². The van der Waals surface area contributed by atoms with Gasteiger partial charge in [-0.2, -0.15) is 0 Å². The van der Waals surface area contributed by atoms with Gasteiger partial charge in [-0.15, -0.1) is 0 Å². The molecule has 2 aromatic carbocycles. The smallest absolute Gasteiger partial charge is 0.255 e. The molecule has 178 valence electrons. The molecule has 1 unspecified atom stereocenters. The van der Waals surface area contributed by atoms with Crippen LogP contribution in [0.4, 0.5) is 10.1 Å². The monoisotopic (exact) mass is 466 g/mol. The minimum absolute atomic E-state index is 0.181. The summed E-state index contributed by atoms with van der Waals surface area (Å²) in [6.07, 6.45) is 0.457. The molecule has 0 spiro atoms. The van der Waals surface area contributed by atoms with E-state index < -0.39 is 17.8 Å². The average Bonchev–Trinajstić information content (AvgIpc) is 3.11. The lowest BCUT2D eigenvalue weighted by molar-refractivity contribution is -0.136. The second-order valence-electron chi connectivity index (χ2n) is 9.26. The number of piperidine rings is 1. The Balaban J connectivity index is 1.27. The molecule has 3 heterocycles. The van der Waals surface area contributed by atoms with Gasteiger partial charge in [-0.05, 0) is 42.7 Å². The van der Waals surface area contributed by atoms with E-state index in [4.69, 9.17) is 0 Å². The van der Waals surface area contributed by atoms with Crippen LogP contribution in [0.1, 0.15) is 39.9 Å². The lowest BCUT2D eigenvalue weighted by atomic mass is 10.0. The number of rotatable bonds is 4. The van der Waals surface area contributed by atoms with Crippen LogP contribution >= 0.6 is 0 Å². The van der Waals surface area contributed by atoms with Crippen LogP contribution in [0.15, 0.2) is 30.3 Å². The van der Waals surface area contributed by atoms with Crippen molar-refractivity contribution < 1.29 is 23.9 Å². The summed E-state index contributed by atoms with van der Waals surface area (Å²) in [7, 11) is 0. The first-order chi connectivity index (χ1) is 16.3. The van der Waals surface area contributed by atoms with Crippen LogP contribution in [-0.4, -0.2) is 64.8 Å². The van der Waals surface area contributed by atoms with Crippen LogP contribution in [0.3, 0.4) is 0 Å². The molecule has 8 nitrogen and oxygen atoms in total. The summed E-state index contributed by atoms with van der Waals surface area (Å²) < 4.78 is 15.1. The average molecular weight is 467 g/mol. The van der Waals surface area contributed by atoms with E-state index in [0.29, 0.717) is 44.0 Å². The van der Waals surface area contributed by atoms with Crippen molar-refractivity contribution in [2.45, 2.75) is 38.9 Å². The summed E-state index contributed by atoms with van der Waals surface area (Å²) in [5, 5.41) is 12.5. The van der Waals surface area contributed by atoms with Crippen LogP contribution in [0.5, 0.6) is 5.75 Å². The molecule has 0 bridgehead atoms. The zero-order chi connectivity index (χ0) is 24.0. The Morgan fingerprint density at radius 3 is 2.56 bits per heavy atom. The summed E-state index contributed by atoms with van der Waals surface area (Å²) in [5.74, 6) is -1.36. The number of hydrogen-bond acceptors (Lipinski definition) is 6. The lowest BCUT2D eigenvalue weighted by Gasteiger charge is -2.36. The highest BCUT2D eigenvalue weighted by atomic mass is 19.1. The first kappa shape index (κ1) is 22.3. The third-order valence-electron chi connectivity index (χ3n) is 6.94. The maximum absolute atomic E-state index is 15.1. The number of phenols is 1. The van der Waals surface area contributed by atoms with Crippen molar-refractivity contribution in [2.24, 2.45) is 0 Å². The quantitative estimate of drug-likeness (QED) is 0.669. The molecule has 2 N–H and O–H groups in total. The minimum Gasteiger partial charge on any atom is -0.508 e. The zero-order valence-electron chi connectivity index (χ0n) is 19.0. The lowest BCUT2D eigenvalue weighted by Crippen LogP contribution is -2.52. The fourth-order valence-electron chi connectivity index (χ4n) is 5.01. The normalized spacial score (nSPS) is 21.1. The van der Waals surface area contributed by atoms with Crippen LogP contribution < -0.4 is 10.2 Å².